The van der Waals surface area contributed by atoms with Crippen LogP contribution in [0, 0.1) is 11.3 Å². The normalized spacial score (nSPS) is 16.2. The zero-order valence-corrected chi connectivity index (χ0v) is 16.2. The van der Waals surface area contributed by atoms with Crippen LogP contribution in [-0.2, 0) is 9.59 Å². The number of benzene rings is 1. The monoisotopic (exact) mass is 390 g/mol. The number of nitrogens with one attached hydrogen (secondary N) is 1. The number of carbonyl (C=O) groups is 2. The first-order valence-electron chi connectivity index (χ1n) is 7.84. The lowest BCUT2D eigenvalue weighted by Gasteiger charge is -2.35. The summed E-state index contributed by atoms with van der Waals surface area (Å²) in [7, 11) is 0. The van der Waals surface area contributed by atoms with Crippen LogP contribution in [0.2, 0.25) is 15.1 Å². The zero-order chi connectivity index (χ0) is 18.1. The lowest BCUT2D eigenvalue weighted by atomic mass is 9.90. The van der Waals surface area contributed by atoms with Gasteiger partial charge in [0.05, 0.1) is 20.8 Å². The van der Waals surface area contributed by atoms with Crippen molar-refractivity contribution in [2.75, 3.05) is 18.4 Å². The van der Waals surface area contributed by atoms with Crippen LogP contribution in [0.4, 0.5) is 5.69 Å². The number of hydrogen-bond acceptors (Lipinski definition) is 2. The molecule has 4 nitrogen and oxygen atoms in total. The molecular formula is C17H21Cl3N2O2. The van der Waals surface area contributed by atoms with E-state index in [0.717, 1.165) is 0 Å². The minimum atomic E-state index is -0.400. The summed E-state index contributed by atoms with van der Waals surface area (Å²) >= 11 is 17.9. The largest absolute Gasteiger partial charge is 0.342 e. The molecule has 1 heterocycles. The van der Waals surface area contributed by atoms with Crippen molar-refractivity contribution in [2.24, 2.45) is 11.3 Å². The summed E-state index contributed by atoms with van der Waals surface area (Å²) in [5.74, 6) is -0.147. The van der Waals surface area contributed by atoms with E-state index in [9.17, 15) is 9.59 Å². The van der Waals surface area contributed by atoms with Gasteiger partial charge in [0, 0.05) is 24.4 Å². The van der Waals surface area contributed by atoms with Gasteiger partial charge in [0.15, 0.2) is 0 Å². The number of rotatable bonds is 2. The van der Waals surface area contributed by atoms with Gasteiger partial charge < -0.3 is 10.2 Å². The maximum atomic E-state index is 12.4. The van der Waals surface area contributed by atoms with Crippen LogP contribution < -0.4 is 5.32 Å². The third kappa shape index (κ3) is 4.56. The minimum Gasteiger partial charge on any atom is -0.342 e. The fourth-order valence-electron chi connectivity index (χ4n) is 2.67. The third-order valence-electron chi connectivity index (χ3n) is 4.06. The summed E-state index contributed by atoms with van der Waals surface area (Å²) in [6, 6.07) is 3.05. The highest BCUT2D eigenvalue weighted by Gasteiger charge is 2.32. The van der Waals surface area contributed by atoms with Crippen LogP contribution in [0.25, 0.3) is 0 Å². The highest BCUT2D eigenvalue weighted by atomic mass is 35.5. The Morgan fingerprint density at radius 1 is 1.04 bits per heavy atom. The fourth-order valence-corrected chi connectivity index (χ4v) is 3.27. The Hall–Kier alpha value is -0.970. The van der Waals surface area contributed by atoms with E-state index >= 15 is 0 Å². The fraction of sp³-hybridized carbons (Fsp3) is 0.529. The first kappa shape index (κ1) is 19.4. The summed E-state index contributed by atoms with van der Waals surface area (Å²) in [5, 5.41) is 3.83. The van der Waals surface area contributed by atoms with E-state index in [1.807, 2.05) is 25.7 Å². The average molecular weight is 392 g/mol. The molecule has 0 unspecified atom stereocenters. The van der Waals surface area contributed by atoms with Gasteiger partial charge in [-0.2, -0.15) is 0 Å². The molecule has 1 aromatic carbocycles. The summed E-state index contributed by atoms with van der Waals surface area (Å²) in [6.07, 6.45) is 1.26. The Kier molecular flexibility index (Phi) is 6.05. The van der Waals surface area contributed by atoms with Crippen molar-refractivity contribution in [1.29, 1.82) is 0 Å². The predicted octanol–water partition coefficient (Wildman–Crippen LogP) is 4.87. The van der Waals surface area contributed by atoms with Gasteiger partial charge in [-0.15, -0.1) is 0 Å². The molecule has 7 heteroatoms. The average Bonchev–Trinajstić information content (AvgIpc) is 2.51. The molecule has 1 saturated heterocycles. The van der Waals surface area contributed by atoms with E-state index in [4.69, 9.17) is 34.8 Å². The van der Waals surface area contributed by atoms with E-state index in [2.05, 4.69) is 5.32 Å². The molecule has 1 fully saturated rings. The SMILES string of the molecule is CC(C)(C)C(=O)N1CCC(C(=O)Nc2cc(Cl)c(Cl)cc2Cl)CC1. The standard InChI is InChI=1S/C17H21Cl3N2O2/c1-17(2,3)16(24)22-6-4-10(5-7-22)15(23)21-14-9-12(19)11(18)8-13(14)20/h8-10H,4-7H2,1-3H3,(H,21,23). The highest BCUT2D eigenvalue weighted by molar-refractivity contribution is 6.44. The van der Waals surface area contributed by atoms with Crippen molar-refractivity contribution in [3.05, 3.63) is 27.2 Å². The first-order valence-corrected chi connectivity index (χ1v) is 8.98. The maximum absolute atomic E-state index is 12.4. The molecule has 0 atom stereocenters. The Morgan fingerprint density at radius 3 is 2.12 bits per heavy atom. The minimum absolute atomic E-state index is 0.113. The molecule has 1 aromatic rings. The number of amides is 2. The van der Waals surface area contributed by atoms with Crippen LogP contribution in [0.15, 0.2) is 12.1 Å². The van der Waals surface area contributed by atoms with E-state index in [-0.39, 0.29) is 17.7 Å². The number of piperidine rings is 1. The number of halogens is 3. The van der Waals surface area contributed by atoms with E-state index < -0.39 is 5.41 Å². The molecule has 2 amide bonds. The first-order chi connectivity index (χ1) is 11.1. The van der Waals surface area contributed by atoms with Crippen molar-refractivity contribution in [3.8, 4) is 0 Å². The van der Waals surface area contributed by atoms with Gasteiger partial charge >= 0.3 is 0 Å². The summed E-state index contributed by atoms with van der Waals surface area (Å²) in [5.41, 5.74) is 0.0483. The van der Waals surface area contributed by atoms with Crippen LogP contribution in [0.1, 0.15) is 33.6 Å². The molecule has 2 rings (SSSR count). The lowest BCUT2D eigenvalue weighted by molar-refractivity contribution is -0.142. The van der Waals surface area contributed by atoms with Gasteiger partial charge in [-0.3, -0.25) is 9.59 Å². The van der Waals surface area contributed by atoms with Crippen molar-refractivity contribution in [3.63, 3.8) is 0 Å². The Balaban J connectivity index is 1.96. The topological polar surface area (TPSA) is 49.4 Å². The molecule has 0 spiro atoms. The van der Waals surface area contributed by atoms with Gasteiger partial charge in [-0.25, -0.2) is 0 Å². The second-order valence-electron chi connectivity index (χ2n) is 7.05. The number of nitrogens with zero attached hydrogens (tertiary/aromatic N) is 1. The molecule has 0 aliphatic carbocycles. The molecule has 0 bridgehead atoms. The van der Waals surface area contributed by atoms with Crippen LogP contribution in [0.5, 0.6) is 0 Å². The smallest absolute Gasteiger partial charge is 0.227 e. The maximum Gasteiger partial charge on any atom is 0.227 e. The zero-order valence-electron chi connectivity index (χ0n) is 14.0. The van der Waals surface area contributed by atoms with E-state index in [1.54, 1.807) is 6.07 Å². The summed E-state index contributed by atoms with van der Waals surface area (Å²) < 4.78 is 0. The van der Waals surface area contributed by atoms with E-state index in [0.29, 0.717) is 46.7 Å². The quantitative estimate of drug-likeness (QED) is 0.731. The molecule has 132 valence electrons. The van der Waals surface area contributed by atoms with E-state index in [1.165, 1.54) is 6.07 Å². The molecular weight excluding hydrogens is 371 g/mol. The number of carbonyl (C=O) groups excluding carboxylic acids is 2. The van der Waals surface area contributed by atoms with Gasteiger partial charge in [0.25, 0.3) is 0 Å². The number of hydrogen-bond donors (Lipinski definition) is 1. The Bertz CT molecular complexity index is 648. The number of anilines is 1. The second kappa shape index (κ2) is 7.51. The Labute approximate surface area is 157 Å². The van der Waals surface area contributed by atoms with Gasteiger partial charge in [-0.05, 0) is 25.0 Å². The molecule has 0 radical (unpaired) electrons. The highest BCUT2D eigenvalue weighted by Crippen LogP contribution is 2.33. The summed E-state index contributed by atoms with van der Waals surface area (Å²) in [4.78, 5) is 26.6. The molecule has 1 aliphatic rings. The van der Waals surface area contributed by atoms with Crippen molar-refractivity contribution < 1.29 is 9.59 Å². The van der Waals surface area contributed by atoms with Gasteiger partial charge in [-0.1, -0.05) is 55.6 Å². The number of likely N-dealkylation sites (tertiary alicyclic amines) is 1. The molecule has 1 aliphatic heterocycles. The molecule has 0 saturated carbocycles. The van der Waals surface area contributed by atoms with Crippen LogP contribution in [-0.4, -0.2) is 29.8 Å². The van der Waals surface area contributed by atoms with Crippen molar-refractivity contribution in [2.45, 2.75) is 33.6 Å². The van der Waals surface area contributed by atoms with Crippen LogP contribution >= 0.6 is 34.8 Å². The molecule has 0 aromatic heterocycles. The molecule has 24 heavy (non-hydrogen) atoms. The van der Waals surface area contributed by atoms with Crippen LogP contribution in [0.3, 0.4) is 0 Å². The third-order valence-corrected chi connectivity index (χ3v) is 5.10. The van der Waals surface area contributed by atoms with Gasteiger partial charge in [0.1, 0.15) is 0 Å². The predicted molar refractivity (Wildman–Crippen MR) is 98.9 cm³/mol. The lowest BCUT2D eigenvalue weighted by Crippen LogP contribution is -2.45. The Morgan fingerprint density at radius 2 is 1.58 bits per heavy atom. The second-order valence-corrected chi connectivity index (χ2v) is 8.27. The molecule has 1 N–H and O–H groups in total. The van der Waals surface area contributed by atoms with Crippen molar-refractivity contribution in [1.82, 2.24) is 4.90 Å². The van der Waals surface area contributed by atoms with Crippen molar-refractivity contribution >= 4 is 52.3 Å². The summed E-state index contributed by atoms with van der Waals surface area (Å²) in [6.45, 7) is 6.88. The van der Waals surface area contributed by atoms with Gasteiger partial charge in [0.2, 0.25) is 11.8 Å².